The number of carbonyl (C=O) groups excluding carboxylic acids is 2. The second kappa shape index (κ2) is 10.5. The Hall–Kier alpha value is -4.08. The van der Waals surface area contributed by atoms with Crippen LogP contribution >= 0.6 is 0 Å². The molecule has 2 heterocycles. The van der Waals surface area contributed by atoms with E-state index in [2.05, 4.69) is 10.3 Å². The fourth-order valence-electron chi connectivity index (χ4n) is 3.87. The SMILES string of the molecule is COc1ccc(CNC(=O)c2cccnc2N2CCN(C(=O)c3c(F)cc(F)cc3F)CC2)cc1. The number of methoxy groups -OCH3 is 1. The number of aromatic nitrogens is 1. The van der Waals surface area contributed by atoms with E-state index in [1.54, 1.807) is 37.6 Å². The molecule has 10 heteroatoms. The van der Waals surface area contributed by atoms with Crippen LogP contribution in [-0.4, -0.2) is 55.0 Å². The smallest absolute Gasteiger partial charge is 0.259 e. The maximum atomic E-state index is 14.0. The largest absolute Gasteiger partial charge is 0.497 e. The highest BCUT2D eigenvalue weighted by atomic mass is 19.1. The average Bonchev–Trinajstić information content (AvgIpc) is 2.87. The first-order valence-corrected chi connectivity index (χ1v) is 10.9. The maximum Gasteiger partial charge on any atom is 0.259 e. The molecule has 0 spiro atoms. The third-order valence-electron chi connectivity index (χ3n) is 5.73. The van der Waals surface area contributed by atoms with Crippen molar-refractivity contribution in [3.05, 3.63) is 88.9 Å². The summed E-state index contributed by atoms with van der Waals surface area (Å²) in [6.07, 6.45) is 1.57. The number of benzene rings is 2. The van der Waals surface area contributed by atoms with E-state index >= 15 is 0 Å². The highest BCUT2D eigenvalue weighted by Gasteiger charge is 2.29. The highest BCUT2D eigenvalue weighted by molar-refractivity contribution is 5.99. The normalized spacial score (nSPS) is 13.5. The minimum Gasteiger partial charge on any atom is -0.497 e. The molecule has 35 heavy (non-hydrogen) atoms. The van der Waals surface area contributed by atoms with Gasteiger partial charge in [0.15, 0.2) is 0 Å². The molecule has 3 aromatic rings. The van der Waals surface area contributed by atoms with E-state index < -0.39 is 28.9 Å². The zero-order chi connectivity index (χ0) is 24.9. The summed E-state index contributed by atoms with van der Waals surface area (Å²) in [6.45, 7) is 1.21. The molecule has 0 saturated carbocycles. The summed E-state index contributed by atoms with van der Waals surface area (Å²) in [4.78, 5) is 33.0. The minimum absolute atomic E-state index is 0.151. The molecular formula is C25H23F3N4O3. The van der Waals surface area contributed by atoms with Crippen LogP contribution in [-0.2, 0) is 6.54 Å². The number of rotatable bonds is 6. The standard InChI is InChI=1S/C25H23F3N4O3/c1-35-18-6-4-16(5-7-18)15-30-24(33)19-3-2-8-29-23(19)31-9-11-32(12-10-31)25(34)22-20(27)13-17(26)14-21(22)28/h2-8,13-14H,9-12,15H2,1H3,(H,30,33). The number of piperazine rings is 1. The van der Waals surface area contributed by atoms with Gasteiger partial charge in [-0.15, -0.1) is 0 Å². The van der Waals surface area contributed by atoms with Crippen molar-refractivity contribution in [2.24, 2.45) is 0 Å². The van der Waals surface area contributed by atoms with Crippen LogP contribution in [0.2, 0.25) is 0 Å². The zero-order valence-corrected chi connectivity index (χ0v) is 18.9. The average molecular weight is 484 g/mol. The van der Waals surface area contributed by atoms with Crippen molar-refractivity contribution in [2.45, 2.75) is 6.54 Å². The number of pyridine rings is 1. The van der Waals surface area contributed by atoms with Crippen LogP contribution < -0.4 is 15.0 Å². The van der Waals surface area contributed by atoms with Crippen molar-refractivity contribution < 1.29 is 27.5 Å². The third-order valence-corrected chi connectivity index (χ3v) is 5.73. The molecule has 2 amide bonds. The second-order valence-electron chi connectivity index (χ2n) is 7.93. The van der Waals surface area contributed by atoms with E-state index in [0.717, 1.165) is 11.3 Å². The Balaban J connectivity index is 1.41. The van der Waals surface area contributed by atoms with Gasteiger partial charge in [0.05, 0.1) is 12.7 Å². The van der Waals surface area contributed by atoms with Gasteiger partial charge >= 0.3 is 0 Å². The third kappa shape index (κ3) is 5.37. The number of halogens is 3. The Bertz CT molecular complexity index is 1210. The van der Waals surface area contributed by atoms with Crippen molar-refractivity contribution in [1.29, 1.82) is 0 Å². The summed E-state index contributed by atoms with van der Waals surface area (Å²) >= 11 is 0. The number of anilines is 1. The Morgan fingerprint density at radius 3 is 2.29 bits per heavy atom. The predicted molar refractivity (Wildman–Crippen MR) is 123 cm³/mol. The Labute approximate surface area is 200 Å². The zero-order valence-electron chi connectivity index (χ0n) is 18.9. The Morgan fingerprint density at radius 1 is 1.00 bits per heavy atom. The Kier molecular flexibility index (Phi) is 7.19. The van der Waals surface area contributed by atoms with Crippen molar-refractivity contribution in [2.75, 3.05) is 38.2 Å². The van der Waals surface area contributed by atoms with Crippen LogP contribution in [0.3, 0.4) is 0 Å². The minimum atomic E-state index is -1.24. The van der Waals surface area contributed by atoms with Crippen LogP contribution in [0.1, 0.15) is 26.3 Å². The first-order valence-electron chi connectivity index (χ1n) is 10.9. The summed E-state index contributed by atoms with van der Waals surface area (Å²) in [5, 5.41) is 2.87. The summed E-state index contributed by atoms with van der Waals surface area (Å²) in [7, 11) is 1.58. The van der Waals surface area contributed by atoms with Crippen molar-refractivity contribution in [1.82, 2.24) is 15.2 Å². The van der Waals surface area contributed by atoms with Crippen LogP contribution in [0, 0.1) is 17.5 Å². The molecular weight excluding hydrogens is 461 g/mol. The van der Waals surface area contributed by atoms with Gasteiger partial charge in [-0.2, -0.15) is 0 Å². The molecule has 0 unspecified atom stereocenters. The number of amides is 2. The number of nitrogens with one attached hydrogen (secondary N) is 1. The number of ether oxygens (including phenoxy) is 1. The fourth-order valence-corrected chi connectivity index (χ4v) is 3.87. The lowest BCUT2D eigenvalue weighted by Gasteiger charge is -2.36. The van der Waals surface area contributed by atoms with Gasteiger partial charge in [0.1, 0.15) is 34.6 Å². The highest BCUT2D eigenvalue weighted by Crippen LogP contribution is 2.22. The van der Waals surface area contributed by atoms with Crippen molar-refractivity contribution in [3.8, 4) is 5.75 Å². The van der Waals surface area contributed by atoms with Gasteiger partial charge in [-0.25, -0.2) is 18.2 Å². The molecule has 0 radical (unpaired) electrons. The van der Waals surface area contributed by atoms with E-state index in [1.807, 2.05) is 17.0 Å². The van der Waals surface area contributed by atoms with Gasteiger partial charge in [0, 0.05) is 51.1 Å². The van der Waals surface area contributed by atoms with Crippen molar-refractivity contribution in [3.63, 3.8) is 0 Å². The van der Waals surface area contributed by atoms with Gasteiger partial charge in [0.25, 0.3) is 11.8 Å². The van der Waals surface area contributed by atoms with E-state index in [-0.39, 0.29) is 19.0 Å². The molecule has 182 valence electrons. The first-order chi connectivity index (χ1) is 16.9. The number of nitrogens with zero attached hydrogens (tertiary/aromatic N) is 3. The molecule has 0 atom stereocenters. The summed E-state index contributed by atoms with van der Waals surface area (Å²) in [6, 6.07) is 11.6. The molecule has 1 aromatic heterocycles. The summed E-state index contributed by atoms with van der Waals surface area (Å²) < 4.78 is 46.4. The summed E-state index contributed by atoms with van der Waals surface area (Å²) in [5.41, 5.74) is 0.490. The number of hydrogen-bond donors (Lipinski definition) is 1. The lowest BCUT2D eigenvalue weighted by molar-refractivity contribution is 0.0735. The van der Waals surface area contributed by atoms with Gasteiger partial charge in [0.2, 0.25) is 0 Å². The van der Waals surface area contributed by atoms with E-state index in [1.165, 1.54) is 4.90 Å². The molecule has 0 bridgehead atoms. The first kappa shape index (κ1) is 24.1. The predicted octanol–water partition coefficient (Wildman–Crippen LogP) is 3.40. The van der Waals surface area contributed by atoms with E-state index in [0.29, 0.717) is 43.1 Å². The quantitative estimate of drug-likeness (QED) is 0.581. The molecule has 1 aliphatic rings. The topological polar surface area (TPSA) is 74.8 Å². The van der Waals surface area contributed by atoms with Crippen LogP contribution in [0.15, 0.2) is 54.7 Å². The van der Waals surface area contributed by atoms with E-state index in [4.69, 9.17) is 4.74 Å². The summed E-state index contributed by atoms with van der Waals surface area (Å²) in [5.74, 6) is -3.56. The fraction of sp³-hybridized carbons (Fsp3) is 0.240. The van der Waals surface area contributed by atoms with Crippen molar-refractivity contribution >= 4 is 17.6 Å². The molecule has 1 N–H and O–H groups in total. The molecule has 1 fully saturated rings. The lowest BCUT2D eigenvalue weighted by Crippen LogP contribution is -2.49. The van der Waals surface area contributed by atoms with Crippen LogP contribution in [0.5, 0.6) is 5.75 Å². The molecule has 0 aliphatic carbocycles. The molecule has 1 saturated heterocycles. The van der Waals surface area contributed by atoms with Gasteiger partial charge < -0.3 is 19.9 Å². The van der Waals surface area contributed by atoms with Gasteiger partial charge in [-0.3, -0.25) is 9.59 Å². The monoisotopic (exact) mass is 484 g/mol. The van der Waals surface area contributed by atoms with E-state index in [9.17, 15) is 22.8 Å². The molecule has 2 aromatic carbocycles. The molecule has 1 aliphatic heterocycles. The molecule has 7 nitrogen and oxygen atoms in total. The second-order valence-corrected chi connectivity index (χ2v) is 7.93. The van der Waals surface area contributed by atoms with Gasteiger partial charge in [-0.05, 0) is 29.8 Å². The number of hydrogen-bond acceptors (Lipinski definition) is 5. The molecule has 4 rings (SSSR count). The number of carbonyl (C=O) groups is 2. The van der Waals surface area contributed by atoms with Gasteiger partial charge in [-0.1, -0.05) is 12.1 Å². The maximum absolute atomic E-state index is 14.0. The lowest BCUT2D eigenvalue weighted by atomic mass is 10.1. The van der Waals surface area contributed by atoms with Crippen LogP contribution in [0.4, 0.5) is 19.0 Å². The Morgan fingerprint density at radius 2 is 1.66 bits per heavy atom. The van der Waals surface area contributed by atoms with Crippen LogP contribution in [0.25, 0.3) is 0 Å².